The van der Waals surface area contributed by atoms with Gasteiger partial charge in [0.15, 0.2) is 8.32 Å². The van der Waals surface area contributed by atoms with Crippen molar-refractivity contribution in [3.8, 4) is 0 Å². The first kappa shape index (κ1) is 19.4. The Bertz CT molecular complexity index is 580. The van der Waals surface area contributed by atoms with Gasteiger partial charge < -0.3 is 19.5 Å². The van der Waals surface area contributed by atoms with Crippen LogP contribution >= 0.6 is 0 Å². The quantitative estimate of drug-likeness (QED) is 0.773. The van der Waals surface area contributed by atoms with Crippen LogP contribution in [-0.2, 0) is 15.6 Å². The third-order valence-corrected chi connectivity index (χ3v) is 9.63. The van der Waals surface area contributed by atoms with Crippen LogP contribution in [0.3, 0.4) is 0 Å². The highest BCUT2D eigenvalue weighted by Crippen LogP contribution is 2.36. The average molecular weight is 353 g/mol. The maximum atomic E-state index is 11.3. The number of ether oxygens (including phenoxy) is 1. The highest BCUT2D eigenvalue weighted by atomic mass is 28.4. The van der Waals surface area contributed by atoms with E-state index in [1.165, 1.54) is 6.07 Å². The molecule has 5 nitrogen and oxygen atoms in total. The standard InChI is InChI=1S/C18H32N2O3Si/c1-18(2,3)24(4,5)22-13-16-12-19-11-15(23-16)10-9-14-7-6-8-17(21)20-14/h6-8,15-16,19H,9-13H2,1-5H3,(H,20,21)/t15-,16+/m1/s1. The third kappa shape index (κ3) is 5.55. The second-order valence-corrected chi connectivity index (χ2v) is 13.0. The van der Waals surface area contributed by atoms with Crippen LogP contribution in [0.15, 0.2) is 23.0 Å². The number of morpholine rings is 1. The van der Waals surface area contributed by atoms with E-state index in [0.29, 0.717) is 6.61 Å². The largest absolute Gasteiger partial charge is 0.414 e. The summed E-state index contributed by atoms with van der Waals surface area (Å²) in [5.74, 6) is 0. The van der Waals surface area contributed by atoms with Crippen molar-refractivity contribution in [2.75, 3.05) is 19.7 Å². The Labute approximate surface area is 146 Å². The first-order valence-electron chi connectivity index (χ1n) is 8.86. The number of aromatic nitrogens is 1. The molecule has 24 heavy (non-hydrogen) atoms. The van der Waals surface area contributed by atoms with E-state index in [1.807, 2.05) is 6.07 Å². The highest BCUT2D eigenvalue weighted by Gasteiger charge is 2.38. The Kier molecular flexibility index (Phi) is 6.42. The summed E-state index contributed by atoms with van der Waals surface area (Å²) in [6.45, 7) is 13.6. The van der Waals surface area contributed by atoms with Crippen LogP contribution in [0, 0.1) is 0 Å². The van der Waals surface area contributed by atoms with Gasteiger partial charge in [0, 0.05) is 24.8 Å². The molecule has 0 spiro atoms. The van der Waals surface area contributed by atoms with E-state index in [1.54, 1.807) is 6.07 Å². The first-order chi connectivity index (χ1) is 11.2. The van der Waals surface area contributed by atoms with E-state index in [-0.39, 0.29) is 22.8 Å². The lowest BCUT2D eigenvalue weighted by atomic mass is 10.1. The van der Waals surface area contributed by atoms with Gasteiger partial charge in [-0.3, -0.25) is 4.79 Å². The summed E-state index contributed by atoms with van der Waals surface area (Å²) in [6, 6.07) is 5.29. The van der Waals surface area contributed by atoms with Crippen molar-refractivity contribution in [3.05, 3.63) is 34.2 Å². The molecular formula is C18H32N2O3Si. The number of H-pyrrole nitrogens is 1. The van der Waals surface area contributed by atoms with Crippen molar-refractivity contribution >= 4 is 8.32 Å². The molecule has 6 heteroatoms. The Morgan fingerprint density at radius 2 is 1.96 bits per heavy atom. The average Bonchev–Trinajstić information content (AvgIpc) is 2.50. The lowest BCUT2D eigenvalue weighted by Crippen LogP contribution is -2.49. The monoisotopic (exact) mass is 352 g/mol. The lowest BCUT2D eigenvalue weighted by molar-refractivity contribution is -0.0605. The molecule has 1 aliphatic heterocycles. The topological polar surface area (TPSA) is 63.3 Å². The van der Waals surface area contributed by atoms with Gasteiger partial charge in [-0.1, -0.05) is 26.8 Å². The van der Waals surface area contributed by atoms with Gasteiger partial charge in [-0.15, -0.1) is 0 Å². The van der Waals surface area contributed by atoms with Crippen LogP contribution < -0.4 is 10.9 Å². The molecule has 2 rings (SSSR count). The van der Waals surface area contributed by atoms with E-state index < -0.39 is 8.32 Å². The highest BCUT2D eigenvalue weighted by molar-refractivity contribution is 6.74. The molecular weight excluding hydrogens is 320 g/mol. The minimum Gasteiger partial charge on any atom is -0.414 e. The van der Waals surface area contributed by atoms with Crippen LogP contribution in [0.4, 0.5) is 0 Å². The number of rotatable bonds is 6. The van der Waals surface area contributed by atoms with Crippen LogP contribution in [0.5, 0.6) is 0 Å². The second-order valence-electron chi connectivity index (χ2n) is 8.19. The summed E-state index contributed by atoms with van der Waals surface area (Å²) in [5, 5.41) is 3.66. The van der Waals surface area contributed by atoms with Gasteiger partial charge in [0.05, 0.1) is 18.8 Å². The molecule has 1 aromatic heterocycles. The maximum absolute atomic E-state index is 11.3. The maximum Gasteiger partial charge on any atom is 0.248 e. The van der Waals surface area contributed by atoms with Gasteiger partial charge in [-0.2, -0.15) is 0 Å². The van der Waals surface area contributed by atoms with Crippen LogP contribution in [-0.4, -0.2) is 45.2 Å². The molecule has 1 saturated heterocycles. The molecule has 0 amide bonds. The molecule has 0 aliphatic carbocycles. The van der Waals surface area contributed by atoms with E-state index in [2.05, 4.69) is 44.2 Å². The first-order valence-corrected chi connectivity index (χ1v) is 11.8. The van der Waals surface area contributed by atoms with Gasteiger partial charge in [0.1, 0.15) is 0 Å². The molecule has 1 aliphatic rings. The second kappa shape index (κ2) is 7.95. The van der Waals surface area contributed by atoms with Crippen molar-refractivity contribution in [1.29, 1.82) is 0 Å². The zero-order valence-corrected chi connectivity index (χ0v) is 16.6. The Balaban J connectivity index is 1.80. The van der Waals surface area contributed by atoms with Crippen molar-refractivity contribution < 1.29 is 9.16 Å². The molecule has 2 atom stereocenters. The minimum absolute atomic E-state index is 0.0455. The predicted molar refractivity (Wildman–Crippen MR) is 100 cm³/mol. The number of pyridine rings is 1. The molecule has 136 valence electrons. The molecule has 2 heterocycles. The fourth-order valence-electron chi connectivity index (χ4n) is 2.52. The molecule has 0 radical (unpaired) electrons. The van der Waals surface area contributed by atoms with Gasteiger partial charge >= 0.3 is 0 Å². The number of nitrogens with one attached hydrogen (secondary N) is 2. The zero-order chi connectivity index (χ0) is 17.8. The third-order valence-electron chi connectivity index (χ3n) is 5.13. The molecule has 0 saturated carbocycles. The molecule has 0 unspecified atom stereocenters. The molecule has 2 N–H and O–H groups in total. The number of aryl methyl sites for hydroxylation is 1. The van der Waals surface area contributed by atoms with Gasteiger partial charge in [-0.05, 0) is 37.0 Å². The van der Waals surface area contributed by atoms with Crippen molar-refractivity contribution in [2.45, 2.75) is 64.0 Å². The van der Waals surface area contributed by atoms with Crippen molar-refractivity contribution in [3.63, 3.8) is 0 Å². The molecule has 1 aromatic rings. The van der Waals surface area contributed by atoms with Crippen LogP contribution in [0.2, 0.25) is 18.1 Å². The normalized spacial score (nSPS) is 22.5. The van der Waals surface area contributed by atoms with Gasteiger partial charge in [0.2, 0.25) is 5.56 Å². The summed E-state index contributed by atoms with van der Waals surface area (Å²) >= 11 is 0. The Hall–Kier alpha value is -0.953. The number of hydrogen-bond acceptors (Lipinski definition) is 4. The fraction of sp³-hybridized carbons (Fsp3) is 0.722. The molecule has 1 fully saturated rings. The number of hydrogen-bond donors (Lipinski definition) is 2. The summed E-state index contributed by atoms with van der Waals surface area (Å²) in [4.78, 5) is 14.2. The Morgan fingerprint density at radius 3 is 2.62 bits per heavy atom. The minimum atomic E-state index is -1.74. The smallest absolute Gasteiger partial charge is 0.248 e. The summed E-state index contributed by atoms with van der Waals surface area (Å²) in [6.07, 6.45) is 1.98. The molecule has 0 bridgehead atoms. The Morgan fingerprint density at radius 1 is 1.25 bits per heavy atom. The predicted octanol–water partition coefficient (Wildman–Crippen LogP) is 2.69. The van der Waals surface area contributed by atoms with E-state index in [4.69, 9.17) is 9.16 Å². The van der Waals surface area contributed by atoms with Crippen LogP contribution in [0.1, 0.15) is 32.9 Å². The van der Waals surface area contributed by atoms with Crippen molar-refractivity contribution in [1.82, 2.24) is 10.3 Å². The van der Waals surface area contributed by atoms with Crippen molar-refractivity contribution in [2.24, 2.45) is 0 Å². The summed E-state index contributed by atoms with van der Waals surface area (Å²) in [7, 11) is -1.74. The van der Waals surface area contributed by atoms with Gasteiger partial charge in [-0.25, -0.2) is 0 Å². The van der Waals surface area contributed by atoms with E-state index >= 15 is 0 Å². The lowest BCUT2D eigenvalue weighted by Gasteiger charge is -2.38. The van der Waals surface area contributed by atoms with Gasteiger partial charge in [0.25, 0.3) is 0 Å². The van der Waals surface area contributed by atoms with Crippen LogP contribution in [0.25, 0.3) is 0 Å². The zero-order valence-electron chi connectivity index (χ0n) is 15.6. The fourth-order valence-corrected chi connectivity index (χ4v) is 3.55. The summed E-state index contributed by atoms with van der Waals surface area (Å²) < 4.78 is 12.5. The van der Waals surface area contributed by atoms with E-state index in [9.17, 15) is 4.79 Å². The number of aromatic amines is 1. The summed E-state index contributed by atoms with van der Waals surface area (Å²) in [5.41, 5.74) is 0.918. The SMILES string of the molecule is CC(C)(C)[Si](C)(C)OC[C@@H]1CNC[C@@H](CCc2cccc(=O)[nH]2)O1. The van der Waals surface area contributed by atoms with E-state index in [0.717, 1.165) is 31.6 Å². The molecule has 0 aromatic carbocycles.